The summed E-state index contributed by atoms with van der Waals surface area (Å²) in [6, 6.07) is 2.91. The first kappa shape index (κ1) is 14.5. The highest BCUT2D eigenvalue weighted by Gasteiger charge is 2.20. The molecule has 1 aliphatic heterocycles. The largest absolute Gasteiger partial charge is 0.467 e. The zero-order valence-corrected chi connectivity index (χ0v) is 11.2. The molecule has 0 unspecified atom stereocenters. The number of aliphatic hydroxyl groups excluding tert-OH is 1. The zero-order chi connectivity index (χ0) is 14.4. The highest BCUT2D eigenvalue weighted by molar-refractivity contribution is 5.95. The summed E-state index contributed by atoms with van der Waals surface area (Å²) in [5, 5.41) is 14.3. The van der Waals surface area contributed by atoms with Crippen molar-refractivity contribution in [2.45, 2.75) is 25.5 Å². The van der Waals surface area contributed by atoms with Gasteiger partial charge in [-0.2, -0.15) is 0 Å². The van der Waals surface area contributed by atoms with E-state index in [0.717, 1.165) is 19.4 Å². The Balaban J connectivity index is 1.67. The normalized spacial score (nSPS) is 19.6. The number of carbonyl (C=O) groups excluding carboxylic acids is 2. The topological polar surface area (TPSA) is 94.8 Å². The second-order valence-electron chi connectivity index (χ2n) is 4.84. The van der Waals surface area contributed by atoms with Crippen LogP contribution in [0, 0.1) is 0 Å². The van der Waals surface area contributed by atoms with Gasteiger partial charge >= 0.3 is 6.03 Å². The van der Waals surface area contributed by atoms with Crippen LogP contribution in [-0.2, 0) is 11.3 Å². The minimum Gasteiger partial charge on any atom is -0.467 e. The Kier molecular flexibility index (Phi) is 5.14. The van der Waals surface area contributed by atoms with Crippen LogP contribution in [0.1, 0.15) is 18.6 Å². The van der Waals surface area contributed by atoms with Gasteiger partial charge in [0.25, 0.3) is 0 Å². The number of amides is 3. The second kappa shape index (κ2) is 7.06. The van der Waals surface area contributed by atoms with Gasteiger partial charge in [0.05, 0.1) is 25.5 Å². The first-order chi connectivity index (χ1) is 9.63. The van der Waals surface area contributed by atoms with Crippen molar-refractivity contribution in [3.63, 3.8) is 0 Å². The number of nitrogens with zero attached hydrogens (tertiary/aromatic N) is 1. The highest BCUT2D eigenvalue weighted by atomic mass is 16.3. The van der Waals surface area contributed by atoms with Gasteiger partial charge in [-0.15, -0.1) is 0 Å². The van der Waals surface area contributed by atoms with Crippen molar-refractivity contribution < 1.29 is 19.1 Å². The summed E-state index contributed by atoms with van der Waals surface area (Å²) >= 11 is 0. The number of nitrogens with one attached hydrogen (secondary N) is 2. The summed E-state index contributed by atoms with van der Waals surface area (Å²) in [5.74, 6) is 0.239. The molecule has 110 valence electrons. The smallest absolute Gasteiger partial charge is 0.321 e. The van der Waals surface area contributed by atoms with E-state index in [0.29, 0.717) is 12.3 Å². The predicted molar refractivity (Wildman–Crippen MR) is 70.8 cm³/mol. The average molecular weight is 281 g/mol. The number of likely N-dealkylation sites (tertiary alicyclic amines) is 1. The van der Waals surface area contributed by atoms with E-state index in [1.165, 1.54) is 6.26 Å². The van der Waals surface area contributed by atoms with Crippen LogP contribution >= 0.6 is 0 Å². The highest BCUT2D eigenvalue weighted by Crippen LogP contribution is 2.08. The fraction of sp³-hybridized carbons (Fsp3) is 0.538. The lowest BCUT2D eigenvalue weighted by molar-refractivity contribution is -0.121. The molecular formula is C13H19N3O4. The maximum absolute atomic E-state index is 11.7. The number of β-amino-alcohol motifs (C(OH)–C–C–N with tert-alkyl or cyclic N) is 1. The molecule has 3 N–H and O–H groups in total. The quantitative estimate of drug-likeness (QED) is 0.725. The van der Waals surface area contributed by atoms with E-state index in [2.05, 4.69) is 10.6 Å². The lowest BCUT2D eigenvalue weighted by Gasteiger charge is -2.29. The molecule has 0 aromatic carbocycles. The third kappa shape index (κ3) is 4.67. The maximum atomic E-state index is 11.7. The van der Waals surface area contributed by atoms with E-state index >= 15 is 0 Å². The SMILES string of the molecule is O=C(CN1CCC[C@H](O)C1)NC(=O)NCc1ccco1. The molecule has 7 heteroatoms. The van der Waals surface area contributed by atoms with Crippen molar-refractivity contribution >= 4 is 11.9 Å². The average Bonchev–Trinajstić information content (AvgIpc) is 2.89. The molecule has 7 nitrogen and oxygen atoms in total. The fourth-order valence-electron chi connectivity index (χ4n) is 2.17. The lowest BCUT2D eigenvalue weighted by Crippen LogP contribution is -2.47. The van der Waals surface area contributed by atoms with Crippen molar-refractivity contribution in [3.05, 3.63) is 24.2 Å². The van der Waals surface area contributed by atoms with E-state index < -0.39 is 6.03 Å². The number of urea groups is 1. The molecule has 0 spiro atoms. The molecule has 0 radical (unpaired) electrons. The number of rotatable bonds is 4. The summed E-state index contributed by atoms with van der Waals surface area (Å²) in [6.07, 6.45) is 2.76. The number of carbonyl (C=O) groups is 2. The van der Waals surface area contributed by atoms with Gasteiger partial charge in [-0.05, 0) is 31.5 Å². The Morgan fingerprint density at radius 1 is 1.50 bits per heavy atom. The molecule has 2 heterocycles. The van der Waals surface area contributed by atoms with Crippen LogP contribution in [0.3, 0.4) is 0 Å². The summed E-state index contributed by atoms with van der Waals surface area (Å²) in [6.45, 7) is 1.58. The molecular weight excluding hydrogens is 262 g/mol. The Hall–Kier alpha value is -1.86. The van der Waals surface area contributed by atoms with E-state index in [1.54, 1.807) is 12.1 Å². The molecule has 3 amide bonds. The molecule has 1 aliphatic rings. The van der Waals surface area contributed by atoms with Crippen molar-refractivity contribution in [3.8, 4) is 0 Å². The number of hydrogen-bond donors (Lipinski definition) is 3. The monoisotopic (exact) mass is 281 g/mol. The number of furan rings is 1. The minimum absolute atomic E-state index is 0.116. The van der Waals surface area contributed by atoms with Gasteiger partial charge in [0.15, 0.2) is 0 Å². The number of hydrogen-bond acceptors (Lipinski definition) is 5. The van der Waals surface area contributed by atoms with Gasteiger partial charge in [0.2, 0.25) is 5.91 Å². The van der Waals surface area contributed by atoms with Crippen LogP contribution in [0.15, 0.2) is 22.8 Å². The van der Waals surface area contributed by atoms with Gasteiger partial charge in [-0.3, -0.25) is 15.0 Å². The molecule has 0 saturated carbocycles. The number of aliphatic hydroxyl groups is 1. The first-order valence-corrected chi connectivity index (χ1v) is 6.64. The Morgan fingerprint density at radius 3 is 3.05 bits per heavy atom. The van der Waals surface area contributed by atoms with E-state index in [4.69, 9.17) is 4.42 Å². The van der Waals surface area contributed by atoms with Crippen molar-refractivity contribution in [2.24, 2.45) is 0 Å². The maximum Gasteiger partial charge on any atom is 0.321 e. The van der Waals surface area contributed by atoms with Crippen molar-refractivity contribution in [2.75, 3.05) is 19.6 Å². The summed E-state index contributed by atoms with van der Waals surface area (Å²) < 4.78 is 5.06. The zero-order valence-electron chi connectivity index (χ0n) is 11.2. The molecule has 0 aliphatic carbocycles. The fourth-order valence-corrected chi connectivity index (χ4v) is 2.17. The number of piperidine rings is 1. The van der Waals surface area contributed by atoms with Crippen LogP contribution in [-0.4, -0.2) is 47.7 Å². The van der Waals surface area contributed by atoms with Crippen molar-refractivity contribution in [1.82, 2.24) is 15.5 Å². The number of imide groups is 1. The second-order valence-corrected chi connectivity index (χ2v) is 4.84. The van der Waals surface area contributed by atoms with E-state index in [9.17, 15) is 14.7 Å². The molecule has 2 rings (SSSR count). The molecule has 0 bridgehead atoms. The minimum atomic E-state index is -0.552. The standard InChI is InChI=1S/C13H19N3O4/c17-10-3-1-5-16(8-10)9-12(18)15-13(19)14-7-11-4-2-6-20-11/h2,4,6,10,17H,1,3,5,7-9H2,(H2,14,15,18,19)/t10-/m0/s1. The predicted octanol–water partition coefficient (Wildman–Crippen LogP) is 0.0621. The van der Waals surface area contributed by atoms with E-state index in [1.807, 2.05) is 4.90 Å². The first-order valence-electron chi connectivity index (χ1n) is 6.64. The molecule has 1 aromatic heterocycles. The van der Waals surface area contributed by atoms with Gasteiger partial charge in [-0.25, -0.2) is 4.79 Å². The molecule has 20 heavy (non-hydrogen) atoms. The summed E-state index contributed by atoms with van der Waals surface area (Å²) in [4.78, 5) is 25.0. The third-order valence-corrected chi connectivity index (χ3v) is 3.10. The molecule has 1 fully saturated rings. The van der Waals surface area contributed by atoms with Crippen molar-refractivity contribution in [1.29, 1.82) is 0 Å². The Labute approximate surface area is 116 Å². The van der Waals surface area contributed by atoms with E-state index in [-0.39, 0.29) is 25.1 Å². The van der Waals surface area contributed by atoms with Crippen LogP contribution in [0.2, 0.25) is 0 Å². The van der Waals surface area contributed by atoms with Gasteiger partial charge in [0.1, 0.15) is 5.76 Å². The summed E-state index contributed by atoms with van der Waals surface area (Å²) in [7, 11) is 0. The summed E-state index contributed by atoms with van der Waals surface area (Å²) in [5.41, 5.74) is 0. The van der Waals surface area contributed by atoms with Crippen LogP contribution < -0.4 is 10.6 Å². The van der Waals surface area contributed by atoms with Crippen LogP contribution in [0.4, 0.5) is 4.79 Å². The lowest BCUT2D eigenvalue weighted by atomic mass is 10.1. The van der Waals surface area contributed by atoms with Gasteiger partial charge in [-0.1, -0.05) is 0 Å². The molecule has 1 atom stereocenters. The third-order valence-electron chi connectivity index (χ3n) is 3.10. The molecule has 1 saturated heterocycles. The van der Waals surface area contributed by atoms with Gasteiger partial charge in [0, 0.05) is 6.54 Å². The Morgan fingerprint density at radius 2 is 2.35 bits per heavy atom. The van der Waals surface area contributed by atoms with Crippen LogP contribution in [0.25, 0.3) is 0 Å². The Bertz CT molecular complexity index is 446. The van der Waals surface area contributed by atoms with Gasteiger partial charge < -0.3 is 14.8 Å². The van der Waals surface area contributed by atoms with Crippen LogP contribution in [0.5, 0.6) is 0 Å². The molecule has 1 aromatic rings.